The summed E-state index contributed by atoms with van der Waals surface area (Å²) in [4.78, 5) is 6.48. The number of ether oxygens (including phenoxy) is 3. The highest BCUT2D eigenvalue weighted by Gasteiger charge is 2.46. The Hall–Kier alpha value is -3.33. The average Bonchev–Trinajstić information content (AvgIpc) is 2.73. The maximum atomic E-state index is 14.3. The first-order valence-corrected chi connectivity index (χ1v) is 9.15. The van der Waals surface area contributed by atoms with Crippen LogP contribution in [0.5, 0.6) is 11.5 Å². The van der Waals surface area contributed by atoms with E-state index in [0.717, 1.165) is 0 Å². The molecule has 1 saturated heterocycles. The van der Waals surface area contributed by atoms with Crippen molar-refractivity contribution in [1.29, 1.82) is 5.26 Å². The molecule has 2 heterocycles. The third-order valence-electron chi connectivity index (χ3n) is 4.54. The minimum Gasteiger partial charge on any atom is -0.427 e. The first-order valence-electron chi connectivity index (χ1n) is 9.15. The van der Waals surface area contributed by atoms with E-state index >= 15 is 0 Å². The van der Waals surface area contributed by atoms with Gasteiger partial charge in [0.1, 0.15) is 29.0 Å². The summed E-state index contributed by atoms with van der Waals surface area (Å²) in [5, 5.41) is 8.60. The fraction of sp³-hybridized carbons (Fsp3) is 0.350. The van der Waals surface area contributed by atoms with Crippen molar-refractivity contribution < 1.29 is 40.6 Å². The van der Waals surface area contributed by atoms with Gasteiger partial charge in [-0.25, -0.2) is 18.7 Å². The van der Waals surface area contributed by atoms with E-state index in [1.165, 1.54) is 6.07 Å². The van der Waals surface area contributed by atoms with Gasteiger partial charge in [-0.1, -0.05) is 6.08 Å². The Morgan fingerprint density at radius 2 is 1.69 bits per heavy atom. The third kappa shape index (κ3) is 5.11. The molecule has 1 aromatic carbocycles. The molecule has 1 aliphatic heterocycles. The number of aromatic nitrogens is 2. The SMILES string of the molecule is C=CC1CCC(C(F)(F)Oc2cnc(C(F)(F)Oc3cc(F)c(C#N)c(F)c3)nc2)OC1. The molecule has 2 atom stereocenters. The average molecular weight is 459 g/mol. The van der Waals surface area contributed by atoms with Crippen molar-refractivity contribution in [3.05, 3.63) is 60.2 Å². The Morgan fingerprint density at radius 1 is 1.06 bits per heavy atom. The molecule has 0 radical (unpaired) electrons. The largest absolute Gasteiger partial charge is 0.462 e. The summed E-state index contributed by atoms with van der Waals surface area (Å²) >= 11 is 0. The summed E-state index contributed by atoms with van der Waals surface area (Å²) in [6.07, 6.45) is -6.44. The Balaban J connectivity index is 1.69. The van der Waals surface area contributed by atoms with Gasteiger partial charge in [-0.2, -0.15) is 22.8 Å². The van der Waals surface area contributed by atoms with Gasteiger partial charge >= 0.3 is 12.2 Å². The molecule has 1 aromatic heterocycles. The molecule has 0 bridgehead atoms. The zero-order valence-corrected chi connectivity index (χ0v) is 16.2. The number of rotatable bonds is 7. The van der Waals surface area contributed by atoms with E-state index in [4.69, 9.17) is 10.00 Å². The van der Waals surface area contributed by atoms with Gasteiger partial charge in [-0.3, -0.25) is 0 Å². The van der Waals surface area contributed by atoms with Gasteiger partial charge in [0.25, 0.3) is 0 Å². The normalized spacial score (nSPS) is 19.2. The molecule has 0 aliphatic carbocycles. The first kappa shape index (κ1) is 23.3. The molecule has 1 aliphatic rings. The molecule has 6 nitrogen and oxygen atoms in total. The monoisotopic (exact) mass is 459 g/mol. The second-order valence-electron chi connectivity index (χ2n) is 6.79. The number of halogens is 6. The van der Waals surface area contributed by atoms with Crippen LogP contribution >= 0.6 is 0 Å². The molecule has 0 amide bonds. The predicted molar refractivity (Wildman–Crippen MR) is 95.9 cm³/mol. The van der Waals surface area contributed by atoms with E-state index in [1.807, 2.05) is 0 Å². The van der Waals surface area contributed by atoms with Crippen molar-refractivity contribution in [1.82, 2.24) is 9.97 Å². The van der Waals surface area contributed by atoms with Crippen LogP contribution in [0.2, 0.25) is 0 Å². The summed E-state index contributed by atoms with van der Waals surface area (Å²) in [6.45, 7) is 3.62. The maximum Gasteiger partial charge on any atom is 0.462 e. The number of benzene rings is 1. The minimum atomic E-state index is -4.28. The van der Waals surface area contributed by atoms with E-state index in [2.05, 4.69) is 26.0 Å². The van der Waals surface area contributed by atoms with Crippen molar-refractivity contribution in [3.63, 3.8) is 0 Å². The Labute approximate surface area is 178 Å². The molecule has 2 aromatic rings. The van der Waals surface area contributed by atoms with Crippen LogP contribution in [0.3, 0.4) is 0 Å². The van der Waals surface area contributed by atoms with E-state index in [-0.39, 0.29) is 18.9 Å². The molecule has 2 unspecified atom stereocenters. The van der Waals surface area contributed by atoms with Crippen LogP contribution in [-0.4, -0.2) is 28.8 Å². The van der Waals surface area contributed by atoms with Gasteiger partial charge < -0.3 is 14.2 Å². The van der Waals surface area contributed by atoms with Crippen LogP contribution < -0.4 is 9.47 Å². The highest BCUT2D eigenvalue weighted by molar-refractivity contribution is 5.38. The second kappa shape index (κ2) is 9.04. The van der Waals surface area contributed by atoms with E-state index in [0.29, 0.717) is 30.9 Å². The summed E-state index contributed by atoms with van der Waals surface area (Å²) in [5.41, 5.74) is -0.971. The standard InChI is InChI=1S/C20H15F6N3O3/c1-2-11-3-4-17(30-10-11)19(23,24)32-13-8-28-18(29-9-13)20(25,26)31-12-5-15(21)14(7-27)16(22)6-12/h2,5-6,8-9,11,17H,1,3-4,10H2. The second-order valence-corrected chi connectivity index (χ2v) is 6.79. The van der Waals surface area contributed by atoms with Crippen molar-refractivity contribution in [2.75, 3.05) is 6.61 Å². The summed E-state index contributed by atoms with van der Waals surface area (Å²) in [5.74, 6) is -5.69. The zero-order valence-electron chi connectivity index (χ0n) is 16.2. The maximum absolute atomic E-state index is 14.3. The van der Waals surface area contributed by atoms with Gasteiger partial charge in [0.2, 0.25) is 5.82 Å². The number of nitriles is 1. The van der Waals surface area contributed by atoms with Crippen LogP contribution in [0.1, 0.15) is 24.2 Å². The molecule has 12 heteroatoms. The third-order valence-corrected chi connectivity index (χ3v) is 4.54. The zero-order chi connectivity index (χ0) is 23.5. The number of hydrogen-bond donors (Lipinski definition) is 0. The molecule has 32 heavy (non-hydrogen) atoms. The Morgan fingerprint density at radius 3 is 2.19 bits per heavy atom. The lowest BCUT2D eigenvalue weighted by molar-refractivity contribution is -0.263. The smallest absolute Gasteiger partial charge is 0.427 e. The highest BCUT2D eigenvalue weighted by Crippen LogP contribution is 2.34. The van der Waals surface area contributed by atoms with Gasteiger partial charge in [0.15, 0.2) is 11.9 Å². The lowest BCUT2D eigenvalue weighted by Gasteiger charge is -2.32. The van der Waals surface area contributed by atoms with Crippen molar-refractivity contribution >= 4 is 0 Å². The molecule has 3 rings (SSSR count). The van der Waals surface area contributed by atoms with E-state index in [1.54, 1.807) is 6.08 Å². The molecule has 1 fully saturated rings. The van der Waals surface area contributed by atoms with Crippen LogP contribution in [0, 0.1) is 28.9 Å². The van der Waals surface area contributed by atoms with Crippen molar-refractivity contribution in [2.24, 2.45) is 5.92 Å². The van der Waals surface area contributed by atoms with E-state index in [9.17, 15) is 26.3 Å². The lowest BCUT2D eigenvalue weighted by Crippen LogP contribution is -2.44. The topological polar surface area (TPSA) is 77.3 Å². The minimum absolute atomic E-state index is 0.00769. The molecule has 170 valence electrons. The summed E-state index contributed by atoms with van der Waals surface area (Å²) in [7, 11) is 0. The van der Waals surface area contributed by atoms with Gasteiger partial charge in [-0.15, -0.1) is 6.58 Å². The lowest BCUT2D eigenvalue weighted by atomic mass is 9.98. The Kier molecular flexibility index (Phi) is 6.59. The van der Waals surface area contributed by atoms with Gasteiger partial charge in [-0.05, 0) is 12.8 Å². The predicted octanol–water partition coefficient (Wildman–Crippen LogP) is 4.71. The number of alkyl halides is 4. The number of nitrogens with zero attached hydrogens (tertiary/aromatic N) is 3. The van der Waals surface area contributed by atoms with Crippen molar-refractivity contribution in [3.8, 4) is 17.6 Å². The van der Waals surface area contributed by atoms with Crippen molar-refractivity contribution in [2.45, 2.75) is 31.2 Å². The molecular formula is C20H15F6N3O3. The van der Waals surface area contributed by atoms with E-state index < -0.39 is 52.8 Å². The first-order chi connectivity index (χ1) is 15.1. The molecule has 0 spiro atoms. The van der Waals surface area contributed by atoms with Crippen LogP contribution in [0.15, 0.2) is 37.2 Å². The highest BCUT2D eigenvalue weighted by atomic mass is 19.3. The fourth-order valence-electron chi connectivity index (χ4n) is 2.87. The van der Waals surface area contributed by atoms with Crippen LogP contribution in [0.4, 0.5) is 26.3 Å². The van der Waals surface area contributed by atoms with Crippen LogP contribution in [0.25, 0.3) is 0 Å². The molecule has 0 N–H and O–H groups in total. The Bertz CT molecular complexity index is 995. The van der Waals surface area contributed by atoms with Gasteiger partial charge in [0, 0.05) is 18.1 Å². The quantitative estimate of drug-likeness (QED) is 0.441. The summed E-state index contributed by atoms with van der Waals surface area (Å²) < 4.78 is 98.1. The molecular weight excluding hydrogens is 444 g/mol. The van der Waals surface area contributed by atoms with Crippen LogP contribution in [-0.2, 0) is 10.8 Å². The summed E-state index contributed by atoms with van der Waals surface area (Å²) in [6, 6.07) is 2.00. The fourth-order valence-corrected chi connectivity index (χ4v) is 2.87. The molecule has 0 saturated carbocycles. The van der Waals surface area contributed by atoms with Gasteiger partial charge in [0.05, 0.1) is 19.0 Å². The number of hydrogen-bond acceptors (Lipinski definition) is 6.